The summed E-state index contributed by atoms with van der Waals surface area (Å²) in [7, 11) is 0. The first-order chi connectivity index (χ1) is 6.42. The smallest absolute Gasteiger partial charge is 0.141 e. The zero-order chi connectivity index (χ0) is 10.4. The van der Waals surface area contributed by atoms with E-state index in [1.807, 2.05) is 5.38 Å². The first-order valence-electron chi connectivity index (χ1n) is 4.79. The van der Waals surface area contributed by atoms with E-state index >= 15 is 0 Å². The van der Waals surface area contributed by atoms with Crippen LogP contribution in [0.1, 0.15) is 25.8 Å². The molecule has 3 nitrogen and oxygen atoms in total. The van der Waals surface area contributed by atoms with Crippen molar-refractivity contribution in [3.8, 4) is 0 Å². The van der Waals surface area contributed by atoms with Gasteiger partial charge in [-0.25, -0.2) is 4.98 Å². The third-order valence-electron chi connectivity index (χ3n) is 2.68. The molecule has 1 aliphatic rings. The lowest BCUT2D eigenvalue weighted by atomic mass is 9.89. The van der Waals surface area contributed by atoms with Crippen molar-refractivity contribution < 1.29 is 5.11 Å². The highest BCUT2D eigenvalue weighted by molar-refractivity contribution is 7.09. The molecule has 78 valence electrons. The van der Waals surface area contributed by atoms with E-state index in [0.717, 1.165) is 5.01 Å². The average molecular weight is 212 g/mol. The molecule has 0 unspecified atom stereocenters. The molecule has 2 heterocycles. The SMILES string of the molecule is CC(C)(C)N1CC(O)(c2nccs2)C1. The second kappa shape index (κ2) is 3.02. The summed E-state index contributed by atoms with van der Waals surface area (Å²) in [6.07, 6.45) is 1.75. The number of hydrogen-bond acceptors (Lipinski definition) is 4. The van der Waals surface area contributed by atoms with Gasteiger partial charge in [0.15, 0.2) is 0 Å². The fourth-order valence-corrected chi connectivity index (χ4v) is 2.37. The van der Waals surface area contributed by atoms with Crippen molar-refractivity contribution in [1.29, 1.82) is 0 Å². The van der Waals surface area contributed by atoms with Gasteiger partial charge in [-0.15, -0.1) is 11.3 Å². The van der Waals surface area contributed by atoms with E-state index in [9.17, 15) is 5.11 Å². The summed E-state index contributed by atoms with van der Waals surface area (Å²) < 4.78 is 0. The van der Waals surface area contributed by atoms with E-state index in [1.54, 1.807) is 6.20 Å². The minimum Gasteiger partial charge on any atom is -0.380 e. The summed E-state index contributed by atoms with van der Waals surface area (Å²) in [5, 5.41) is 13.0. The van der Waals surface area contributed by atoms with Crippen LogP contribution >= 0.6 is 11.3 Å². The lowest BCUT2D eigenvalue weighted by Gasteiger charge is -2.51. The highest BCUT2D eigenvalue weighted by atomic mass is 32.1. The number of thiazole rings is 1. The van der Waals surface area contributed by atoms with Crippen molar-refractivity contribution in [1.82, 2.24) is 9.88 Å². The molecule has 0 atom stereocenters. The van der Waals surface area contributed by atoms with Crippen LogP contribution in [0.25, 0.3) is 0 Å². The van der Waals surface area contributed by atoms with Crippen molar-refractivity contribution in [2.45, 2.75) is 31.9 Å². The highest BCUT2D eigenvalue weighted by Crippen LogP contribution is 2.36. The lowest BCUT2D eigenvalue weighted by molar-refractivity contribution is -0.137. The van der Waals surface area contributed by atoms with Crippen LogP contribution in [0.5, 0.6) is 0 Å². The number of nitrogens with zero attached hydrogens (tertiary/aromatic N) is 2. The number of β-amino-alcohol motifs (C(OH)–C–C–N with tert-alkyl or cyclic N) is 1. The summed E-state index contributed by atoms with van der Waals surface area (Å²) >= 11 is 1.53. The van der Waals surface area contributed by atoms with E-state index in [2.05, 4.69) is 30.7 Å². The van der Waals surface area contributed by atoms with Crippen LogP contribution in [0.2, 0.25) is 0 Å². The Hall–Kier alpha value is -0.450. The number of rotatable bonds is 1. The highest BCUT2D eigenvalue weighted by Gasteiger charge is 2.48. The Bertz CT molecular complexity index is 309. The number of hydrogen-bond donors (Lipinski definition) is 1. The van der Waals surface area contributed by atoms with Crippen LogP contribution in [0.4, 0.5) is 0 Å². The standard InChI is InChI=1S/C10H16N2OS/c1-9(2,3)12-6-10(13,7-12)8-11-4-5-14-8/h4-5,13H,6-7H2,1-3H3. The molecule has 1 fully saturated rings. The van der Waals surface area contributed by atoms with Gasteiger partial charge < -0.3 is 5.11 Å². The Morgan fingerprint density at radius 2 is 2.14 bits per heavy atom. The molecule has 0 amide bonds. The van der Waals surface area contributed by atoms with E-state index in [4.69, 9.17) is 0 Å². The fourth-order valence-electron chi connectivity index (χ4n) is 1.65. The Balaban J connectivity index is 2.06. The number of likely N-dealkylation sites (tertiary alicyclic amines) is 1. The van der Waals surface area contributed by atoms with Crippen molar-refractivity contribution >= 4 is 11.3 Å². The van der Waals surface area contributed by atoms with Gasteiger partial charge in [-0.3, -0.25) is 4.90 Å². The largest absolute Gasteiger partial charge is 0.380 e. The van der Waals surface area contributed by atoms with Gasteiger partial charge in [0.1, 0.15) is 10.6 Å². The molecule has 0 aromatic carbocycles. The first kappa shape index (κ1) is 10.1. The maximum absolute atomic E-state index is 10.2. The molecule has 1 aromatic heterocycles. The van der Waals surface area contributed by atoms with Crippen LogP contribution < -0.4 is 0 Å². The van der Waals surface area contributed by atoms with Gasteiger partial charge in [-0.05, 0) is 20.8 Å². The van der Waals surface area contributed by atoms with Gasteiger partial charge in [-0.2, -0.15) is 0 Å². The van der Waals surface area contributed by atoms with Gasteiger partial charge in [-0.1, -0.05) is 0 Å². The second-order valence-electron chi connectivity index (χ2n) is 4.90. The molecule has 14 heavy (non-hydrogen) atoms. The molecular weight excluding hydrogens is 196 g/mol. The summed E-state index contributed by atoms with van der Waals surface area (Å²) in [5.74, 6) is 0. The van der Waals surface area contributed by atoms with Crippen molar-refractivity contribution in [3.05, 3.63) is 16.6 Å². The molecule has 0 bridgehead atoms. The Kier molecular flexibility index (Phi) is 2.17. The van der Waals surface area contributed by atoms with Crippen LogP contribution in [0, 0.1) is 0 Å². The van der Waals surface area contributed by atoms with E-state index in [-0.39, 0.29) is 5.54 Å². The van der Waals surface area contributed by atoms with Gasteiger partial charge >= 0.3 is 0 Å². The predicted molar refractivity (Wildman–Crippen MR) is 57.3 cm³/mol. The van der Waals surface area contributed by atoms with E-state index in [0.29, 0.717) is 13.1 Å². The zero-order valence-corrected chi connectivity index (χ0v) is 9.64. The molecule has 0 saturated carbocycles. The van der Waals surface area contributed by atoms with Gasteiger partial charge in [0.2, 0.25) is 0 Å². The summed E-state index contributed by atoms with van der Waals surface area (Å²) in [4.78, 5) is 6.43. The van der Waals surface area contributed by atoms with Gasteiger partial charge in [0.05, 0.1) is 0 Å². The maximum atomic E-state index is 10.2. The molecule has 1 aromatic rings. The van der Waals surface area contributed by atoms with Crippen LogP contribution in [-0.2, 0) is 5.60 Å². The molecule has 4 heteroatoms. The van der Waals surface area contributed by atoms with Crippen LogP contribution in [0.15, 0.2) is 11.6 Å². The van der Waals surface area contributed by atoms with Crippen molar-refractivity contribution in [3.63, 3.8) is 0 Å². The quantitative estimate of drug-likeness (QED) is 0.765. The van der Waals surface area contributed by atoms with Crippen LogP contribution in [0.3, 0.4) is 0 Å². The molecule has 1 aliphatic heterocycles. The molecule has 0 spiro atoms. The van der Waals surface area contributed by atoms with E-state index in [1.165, 1.54) is 11.3 Å². The van der Waals surface area contributed by atoms with Crippen LogP contribution in [-0.4, -0.2) is 33.6 Å². The molecule has 0 aliphatic carbocycles. The third kappa shape index (κ3) is 1.58. The minimum absolute atomic E-state index is 0.142. The second-order valence-corrected chi connectivity index (χ2v) is 5.79. The Morgan fingerprint density at radius 3 is 2.57 bits per heavy atom. The lowest BCUT2D eigenvalue weighted by Crippen LogP contribution is -2.64. The number of aliphatic hydroxyl groups is 1. The monoisotopic (exact) mass is 212 g/mol. The number of aromatic nitrogens is 1. The Morgan fingerprint density at radius 1 is 1.50 bits per heavy atom. The third-order valence-corrected chi connectivity index (χ3v) is 3.65. The molecule has 1 saturated heterocycles. The zero-order valence-electron chi connectivity index (χ0n) is 8.82. The minimum atomic E-state index is -0.693. The molecule has 0 radical (unpaired) electrons. The normalized spacial score (nSPS) is 22.0. The van der Waals surface area contributed by atoms with Crippen molar-refractivity contribution in [2.24, 2.45) is 0 Å². The molecule has 1 N–H and O–H groups in total. The Labute approximate surface area is 88.4 Å². The van der Waals surface area contributed by atoms with Gasteiger partial charge in [0.25, 0.3) is 0 Å². The molecular formula is C10H16N2OS. The van der Waals surface area contributed by atoms with Gasteiger partial charge in [0, 0.05) is 30.2 Å². The van der Waals surface area contributed by atoms with Crippen molar-refractivity contribution in [2.75, 3.05) is 13.1 Å². The van der Waals surface area contributed by atoms with E-state index < -0.39 is 5.60 Å². The maximum Gasteiger partial charge on any atom is 0.141 e. The summed E-state index contributed by atoms with van der Waals surface area (Å²) in [6.45, 7) is 7.88. The average Bonchev–Trinajstić information content (AvgIpc) is 2.48. The molecule has 2 rings (SSSR count). The first-order valence-corrected chi connectivity index (χ1v) is 5.67. The topological polar surface area (TPSA) is 36.4 Å². The fraction of sp³-hybridized carbons (Fsp3) is 0.700. The summed E-state index contributed by atoms with van der Waals surface area (Å²) in [5.41, 5.74) is -0.551. The predicted octanol–water partition coefficient (Wildman–Crippen LogP) is 1.44. The summed E-state index contributed by atoms with van der Waals surface area (Å²) in [6, 6.07) is 0.